The Morgan fingerprint density at radius 2 is 1.33 bits per heavy atom. The fourth-order valence-corrected chi connectivity index (χ4v) is 4.59. The topological polar surface area (TPSA) is 35.0 Å². The van der Waals surface area contributed by atoms with Crippen molar-refractivity contribution in [3.63, 3.8) is 0 Å². The molecule has 33 heavy (non-hydrogen) atoms. The molecule has 0 saturated carbocycles. The average Bonchev–Trinajstić information content (AvgIpc) is 3.32. The molecule has 0 spiro atoms. The van der Waals surface area contributed by atoms with E-state index in [2.05, 4.69) is 96.0 Å². The van der Waals surface area contributed by atoms with Crippen LogP contribution in [0.1, 0.15) is 51.3 Å². The molecule has 0 radical (unpaired) electrons. The van der Waals surface area contributed by atoms with Crippen molar-refractivity contribution in [2.24, 2.45) is 5.10 Å². The molecular weight excluding hydrogens is 406 g/mol. The molecule has 2 aromatic carbocycles. The van der Waals surface area contributed by atoms with Crippen LogP contribution in [0.15, 0.2) is 78.0 Å². The van der Waals surface area contributed by atoms with E-state index < -0.39 is 0 Å². The number of aromatic nitrogens is 1. The van der Waals surface area contributed by atoms with Gasteiger partial charge in [-0.25, -0.2) is 9.99 Å². The summed E-state index contributed by atoms with van der Waals surface area (Å²) in [5, 5.41) is 7.14. The minimum absolute atomic E-state index is 0.128. The fraction of sp³-hybridized carbons (Fsp3) is 0.357. The zero-order valence-electron chi connectivity index (χ0n) is 20.3. The first-order valence-electron chi connectivity index (χ1n) is 12.2. The molecule has 0 bridgehead atoms. The Morgan fingerprint density at radius 3 is 1.85 bits per heavy atom. The number of benzene rings is 2. The molecule has 4 rings (SSSR count). The van der Waals surface area contributed by atoms with E-state index in [1.165, 1.54) is 22.5 Å². The molecule has 1 aliphatic rings. The van der Waals surface area contributed by atoms with Gasteiger partial charge in [0.15, 0.2) is 0 Å². The van der Waals surface area contributed by atoms with E-state index in [9.17, 15) is 0 Å². The van der Waals surface area contributed by atoms with Crippen molar-refractivity contribution in [2.75, 3.05) is 41.0 Å². The van der Waals surface area contributed by atoms with E-state index in [1.54, 1.807) is 0 Å². The highest BCUT2D eigenvalue weighted by molar-refractivity contribution is 6.03. The highest BCUT2D eigenvalue weighted by atomic mass is 15.5. The molecule has 0 amide bonds. The third-order valence-electron chi connectivity index (χ3n) is 6.53. The summed E-state index contributed by atoms with van der Waals surface area (Å²) in [6, 6.07) is 23.9. The summed E-state index contributed by atoms with van der Waals surface area (Å²) in [6.07, 6.45) is 2.69. The molecule has 1 aliphatic heterocycles. The lowest BCUT2D eigenvalue weighted by Crippen LogP contribution is -2.22. The summed E-state index contributed by atoms with van der Waals surface area (Å²) in [5.74, 6) is 0.880. The van der Waals surface area contributed by atoms with Crippen molar-refractivity contribution in [3.05, 3.63) is 84.1 Å². The third-order valence-corrected chi connectivity index (χ3v) is 6.53. The van der Waals surface area contributed by atoms with Crippen LogP contribution in [0.5, 0.6) is 0 Å². The van der Waals surface area contributed by atoms with Crippen LogP contribution in [0, 0.1) is 0 Å². The smallest absolute Gasteiger partial charge is 0.149 e. The van der Waals surface area contributed by atoms with E-state index in [1.807, 2.05) is 24.4 Å². The largest absolute Gasteiger partial charge is 0.372 e. The summed E-state index contributed by atoms with van der Waals surface area (Å²) in [6.45, 7) is 12.8. The van der Waals surface area contributed by atoms with Gasteiger partial charge in [-0.3, -0.25) is 0 Å². The lowest BCUT2D eigenvalue weighted by Gasteiger charge is -2.25. The highest BCUT2D eigenvalue weighted by Crippen LogP contribution is 2.36. The first kappa shape index (κ1) is 22.8. The Hall–Kier alpha value is -3.34. The van der Waals surface area contributed by atoms with Crippen molar-refractivity contribution in [1.29, 1.82) is 0 Å². The molecule has 5 nitrogen and oxygen atoms in total. The van der Waals surface area contributed by atoms with Crippen molar-refractivity contribution in [1.82, 2.24) is 4.98 Å². The van der Waals surface area contributed by atoms with E-state index in [4.69, 9.17) is 5.10 Å². The minimum atomic E-state index is 0.128. The Labute approximate surface area is 198 Å². The van der Waals surface area contributed by atoms with Crippen molar-refractivity contribution >= 4 is 22.9 Å². The van der Waals surface area contributed by atoms with Crippen LogP contribution in [0.25, 0.3) is 0 Å². The van der Waals surface area contributed by atoms with Gasteiger partial charge in [0.05, 0.1) is 11.8 Å². The Morgan fingerprint density at radius 1 is 0.758 bits per heavy atom. The van der Waals surface area contributed by atoms with Crippen molar-refractivity contribution in [2.45, 2.75) is 40.2 Å². The van der Waals surface area contributed by atoms with Crippen LogP contribution in [-0.4, -0.2) is 36.9 Å². The first-order valence-corrected chi connectivity index (χ1v) is 12.2. The van der Waals surface area contributed by atoms with Gasteiger partial charge in [0.2, 0.25) is 0 Å². The van der Waals surface area contributed by atoms with Gasteiger partial charge in [0, 0.05) is 50.2 Å². The quantitative estimate of drug-likeness (QED) is 0.400. The summed E-state index contributed by atoms with van der Waals surface area (Å²) in [5.41, 5.74) is 6.06. The predicted octanol–water partition coefficient (Wildman–Crippen LogP) is 6.13. The molecule has 0 saturated heterocycles. The highest BCUT2D eigenvalue weighted by Gasteiger charge is 2.30. The number of hydrogen-bond acceptors (Lipinski definition) is 5. The monoisotopic (exact) mass is 441 g/mol. The predicted molar refractivity (Wildman–Crippen MR) is 141 cm³/mol. The first-order chi connectivity index (χ1) is 16.2. The molecule has 5 heteroatoms. The van der Waals surface area contributed by atoms with Gasteiger partial charge >= 0.3 is 0 Å². The standard InChI is InChI=1S/C28H35N5/c1-5-31(6-2)24-16-12-22(13-17-24)26-21-27(33(30-26)28-11-9-10-20-29-28)23-14-18-25(19-15-23)32(7-3)8-4/h9-20,27H,5-8,21H2,1-4H3. The molecular formula is C28H35N5. The van der Waals surface area contributed by atoms with Gasteiger partial charge in [0.1, 0.15) is 5.82 Å². The van der Waals surface area contributed by atoms with E-state index >= 15 is 0 Å². The minimum Gasteiger partial charge on any atom is -0.372 e. The summed E-state index contributed by atoms with van der Waals surface area (Å²) in [4.78, 5) is 9.33. The second-order valence-corrected chi connectivity index (χ2v) is 8.28. The van der Waals surface area contributed by atoms with Crippen LogP contribution in [0.2, 0.25) is 0 Å². The molecule has 172 valence electrons. The maximum Gasteiger partial charge on any atom is 0.149 e. The van der Waals surface area contributed by atoms with Gasteiger partial charge in [0.25, 0.3) is 0 Å². The van der Waals surface area contributed by atoms with Gasteiger partial charge in [-0.15, -0.1) is 0 Å². The van der Waals surface area contributed by atoms with Gasteiger partial charge in [-0.05, 0) is 75.2 Å². The number of anilines is 3. The Balaban J connectivity index is 1.63. The maximum atomic E-state index is 5.05. The summed E-state index contributed by atoms with van der Waals surface area (Å²) in [7, 11) is 0. The van der Waals surface area contributed by atoms with Crippen LogP contribution >= 0.6 is 0 Å². The molecule has 0 N–H and O–H groups in total. The lowest BCUT2D eigenvalue weighted by molar-refractivity contribution is 0.698. The average molecular weight is 442 g/mol. The van der Waals surface area contributed by atoms with Crippen LogP contribution < -0.4 is 14.8 Å². The maximum absolute atomic E-state index is 5.05. The molecule has 1 aromatic heterocycles. The van der Waals surface area contributed by atoms with E-state index in [0.717, 1.165) is 44.1 Å². The van der Waals surface area contributed by atoms with Gasteiger partial charge < -0.3 is 9.80 Å². The lowest BCUT2D eigenvalue weighted by atomic mass is 9.98. The van der Waals surface area contributed by atoms with Crippen LogP contribution in [0.4, 0.5) is 17.2 Å². The zero-order valence-corrected chi connectivity index (χ0v) is 20.3. The number of hydrogen-bond donors (Lipinski definition) is 0. The van der Waals surface area contributed by atoms with E-state index in [0.29, 0.717) is 0 Å². The SMILES string of the molecule is CCN(CC)c1ccc(C2=NN(c3ccccn3)C(c3ccc(N(CC)CC)cc3)C2)cc1. The van der Waals surface area contributed by atoms with Gasteiger partial charge in [-0.2, -0.15) is 5.10 Å². The summed E-state index contributed by atoms with van der Waals surface area (Å²) >= 11 is 0. The van der Waals surface area contributed by atoms with Gasteiger partial charge in [-0.1, -0.05) is 30.3 Å². The fourth-order valence-electron chi connectivity index (χ4n) is 4.59. The second-order valence-electron chi connectivity index (χ2n) is 8.28. The Bertz CT molecular complexity index is 1040. The van der Waals surface area contributed by atoms with Crippen LogP contribution in [0.3, 0.4) is 0 Å². The molecule has 0 fully saturated rings. The molecule has 1 unspecified atom stereocenters. The molecule has 2 heterocycles. The molecule has 0 aliphatic carbocycles. The number of pyridine rings is 1. The Kier molecular flexibility index (Phi) is 7.28. The zero-order chi connectivity index (χ0) is 23.2. The number of rotatable bonds is 9. The second kappa shape index (κ2) is 10.5. The number of hydrazone groups is 1. The molecule has 3 aromatic rings. The number of nitrogens with zero attached hydrogens (tertiary/aromatic N) is 5. The normalized spacial score (nSPS) is 15.5. The molecule has 1 atom stereocenters. The van der Waals surface area contributed by atoms with Crippen molar-refractivity contribution in [3.8, 4) is 0 Å². The van der Waals surface area contributed by atoms with Crippen LogP contribution in [-0.2, 0) is 0 Å². The van der Waals surface area contributed by atoms with Crippen molar-refractivity contribution < 1.29 is 0 Å². The summed E-state index contributed by atoms with van der Waals surface area (Å²) < 4.78 is 0. The third kappa shape index (κ3) is 4.87. The van der Waals surface area contributed by atoms with E-state index in [-0.39, 0.29) is 6.04 Å².